The van der Waals surface area contributed by atoms with Crippen molar-refractivity contribution in [3.63, 3.8) is 0 Å². The second-order valence-corrected chi connectivity index (χ2v) is 10.6. The summed E-state index contributed by atoms with van der Waals surface area (Å²) in [5.41, 5.74) is 6.45. The van der Waals surface area contributed by atoms with E-state index in [0.29, 0.717) is 11.2 Å². The molecular formula is C22H31N6O8P. The number of rotatable bonds is 9. The predicted octanol–water partition coefficient (Wildman–Crippen LogP) is 0.839. The highest BCUT2D eigenvalue weighted by atomic mass is 31.2. The number of aromatic nitrogens is 4. The van der Waals surface area contributed by atoms with Gasteiger partial charge in [-0.25, -0.2) is 24.6 Å². The van der Waals surface area contributed by atoms with E-state index in [1.165, 1.54) is 38.2 Å². The number of carbonyl (C=O) groups is 1. The Morgan fingerprint density at radius 1 is 1.22 bits per heavy atom. The van der Waals surface area contributed by atoms with Gasteiger partial charge in [-0.1, -0.05) is 31.2 Å². The van der Waals surface area contributed by atoms with Crippen LogP contribution in [0.5, 0.6) is 0 Å². The van der Waals surface area contributed by atoms with Crippen molar-refractivity contribution < 1.29 is 38.1 Å². The molecule has 14 nitrogen and oxygen atoms in total. The molecular weight excluding hydrogens is 507 g/mol. The Hall–Kier alpha value is -2.71. The number of anilines is 1. The van der Waals surface area contributed by atoms with E-state index in [4.69, 9.17) is 24.3 Å². The Bertz CT molecular complexity index is 1240. The number of hydrogen-bond donors (Lipinski definition) is 4. The molecule has 0 amide bonds. The van der Waals surface area contributed by atoms with Crippen molar-refractivity contribution in [1.29, 1.82) is 0 Å². The van der Waals surface area contributed by atoms with Crippen LogP contribution in [0.3, 0.4) is 0 Å². The molecule has 37 heavy (non-hydrogen) atoms. The van der Waals surface area contributed by atoms with E-state index in [9.17, 15) is 19.6 Å². The highest BCUT2D eigenvalue weighted by Gasteiger charge is 2.49. The Balaban J connectivity index is 1.55. The summed E-state index contributed by atoms with van der Waals surface area (Å²) in [5.74, 6) is -0.654. The van der Waals surface area contributed by atoms with Crippen molar-refractivity contribution in [2.75, 3.05) is 12.8 Å². The SMILES string of the molecule is COC(=O)[C@@H](C)N[P@](=O)(OC1C=CC=CC1C)O[C@H](C)[C@H]1O[C@@H](n2cnc3c(N)ncnc32)[C@H](O)[C@@H]1O. The molecule has 1 saturated heterocycles. The fourth-order valence-electron chi connectivity index (χ4n) is 4.18. The molecule has 5 N–H and O–H groups in total. The van der Waals surface area contributed by atoms with Gasteiger partial charge in [0.15, 0.2) is 17.7 Å². The summed E-state index contributed by atoms with van der Waals surface area (Å²) in [6.45, 7) is 4.84. The van der Waals surface area contributed by atoms with E-state index in [1.54, 1.807) is 12.2 Å². The maximum absolute atomic E-state index is 13.9. The van der Waals surface area contributed by atoms with Gasteiger partial charge in [-0.15, -0.1) is 0 Å². The monoisotopic (exact) mass is 538 g/mol. The van der Waals surface area contributed by atoms with Crippen LogP contribution in [0, 0.1) is 5.92 Å². The maximum Gasteiger partial charge on any atom is 0.407 e. The Morgan fingerprint density at radius 2 is 1.95 bits per heavy atom. The minimum Gasteiger partial charge on any atom is -0.468 e. The first-order chi connectivity index (χ1) is 17.5. The zero-order chi connectivity index (χ0) is 26.9. The summed E-state index contributed by atoms with van der Waals surface area (Å²) < 4.78 is 37.6. The number of nitrogen functional groups attached to an aromatic ring is 1. The highest BCUT2D eigenvalue weighted by Crippen LogP contribution is 2.50. The molecule has 0 radical (unpaired) electrons. The van der Waals surface area contributed by atoms with Gasteiger partial charge in [-0.05, 0) is 13.8 Å². The van der Waals surface area contributed by atoms with Crippen LogP contribution < -0.4 is 10.8 Å². The fraction of sp³-hybridized carbons (Fsp3) is 0.545. The lowest BCUT2D eigenvalue weighted by atomic mass is 10.0. The van der Waals surface area contributed by atoms with Gasteiger partial charge in [-0.3, -0.25) is 18.4 Å². The molecule has 2 unspecified atom stereocenters. The molecule has 2 aliphatic rings. The molecule has 15 heteroatoms. The molecule has 0 bridgehead atoms. The Labute approximate surface area is 213 Å². The normalized spacial score (nSPS) is 30.8. The van der Waals surface area contributed by atoms with E-state index in [1.807, 2.05) is 19.1 Å². The summed E-state index contributed by atoms with van der Waals surface area (Å²) in [6.07, 6.45) is 3.04. The van der Waals surface area contributed by atoms with Gasteiger partial charge < -0.3 is 25.4 Å². The Morgan fingerprint density at radius 3 is 2.65 bits per heavy atom. The molecule has 0 spiro atoms. The number of hydrogen-bond acceptors (Lipinski definition) is 12. The van der Waals surface area contributed by atoms with Crippen LogP contribution in [0.25, 0.3) is 11.2 Å². The number of imidazole rings is 1. The number of nitrogens with one attached hydrogen (secondary N) is 1. The number of ether oxygens (including phenoxy) is 2. The highest BCUT2D eigenvalue weighted by molar-refractivity contribution is 7.51. The Kier molecular flexibility index (Phi) is 8.09. The summed E-state index contributed by atoms with van der Waals surface area (Å²) in [6, 6.07) is -1.03. The number of nitrogens with zero attached hydrogens (tertiary/aromatic N) is 4. The van der Waals surface area contributed by atoms with Crippen molar-refractivity contribution in [3.8, 4) is 0 Å². The first kappa shape index (κ1) is 27.3. The van der Waals surface area contributed by atoms with Crippen molar-refractivity contribution in [3.05, 3.63) is 37.0 Å². The van der Waals surface area contributed by atoms with E-state index in [0.717, 1.165) is 0 Å². The van der Waals surface area contributed by atoms with E-state index in [-0.39, 0.29) is 11.7 Å². The molecule has 2 aromatic rings. The zero-order valence-electron chi connectivity index (χ0n) is 20.7. The second-order valence-electron chi connectivity index (χ2n) is 8.94. The van der Waals surface area contributed by atoms with Crippen LogP contribution in [-0.2, 0) is 27.9 Å². The molecule has 9 atom stereocenters. The molecule has 0 aromatic carbocycles. The predicted molar refractivity (Wildman–Crippen MR) is 131 cm³/mol. The molecule has 1 aliphatic heterocycles. The summed E-state index contributed by atoms with van der Waals surface area (Å²) in [5, 5.41) is 24.2. The van der Waals surface area contributed by atoms with Crippen LogP contribution in [-0.4, -0.2) is 79.4 Å². The fourth-order valence-corrected chi connectivity index (χ4v) is 6.07. The van der Waals surface area contributed by atoms with Crippen molar-refractivity contribution >= 4 is 30.7 Å². The second kappa shape index (κ2) is 11.0. The first-order valence-electron chi connectivity index (χ1n) is 11.7. The summed E-state index contributed by atoms with van der Waals surface area (Å²) in [7, 11) is -2.99. The maximum atomic E-state index is 13.9. The number of methoxy groups -OCH3 is 1. The van der Waals surface area contributed by atoms with Crippen LogP contribution in [0.1, 0.15) is 27.0 Å². The zero-order valence-corrected chi connectivity index (χ0v) is 21.6. The quantitative estimate of drug-likeness (QED) is 0.259. The van der Waals surface area contributed by atoms with Gasteiger partial charge in [0.1, 0.15) is 36.2 Å². The molecule has 2 aromatic heterocycles. The van der Waals surface area contributed by atoms with E-state index in [2.05, 4.69) is 20.0 Å². The lowest BCUT2D eigenvalue weighted by Gasteiger charge is -2.31. The number of allylic oxidation sites excluding steroid dienone is 2. The number of esters is 1. The van der Waals surface area contributed by atoms with Crippen molar-refractivity contribution in [2.45, 2.75) is 63.6 Å². The van der Waals surface area contributed by atoms with Crippen molar-refractivity contribution in [2.24, 2.45) is 5.92 Å². The number of carbonyl (C=O) groups excluding carboxylic acids is 1. The number of fused-ring (bicyclic) bond motifs is 1. The van der Waals surface area contributed by atoms with Crippen LogP contribution in [0.15, 0.2) is 37.0 Å². The molecule has 1 fully saturated rings. The third-order valence-corrected chi connectivity index (χ3v) is 8.05. The van der Waals surface area contributed by atoms with Gasteiger partial charge in [0.05, 0.1) is 25.6 Å². The van der Waals surface area contributed by atoms with Gasteiger partial charge in [0.2, 0.25) is 0 Å². The molecule has 0 saturated carbocycles. The third kappa shape index (κ3) is 5.60. The first-order valence-corrected chi connectivity index (χ1v) is 13.2. The van der Waals surface area contributed by atoms with E-state index < -0.39 is 56.5 Å². The van der Waals surface area contributed by atoms with Crippen LogP contribution in [0.4, 0.5) is 5.82 Å². The number of nitrogens with two attached hydrogens (primary N) is 1. The lowest BCUT2D eigenvalue weighted by molar-refractivity contribution is -0.142. The lowest BCUT2D eigenvalue weighted by Crippen LogP contribution is -2.41. The third-order valence-electron chi connectivity index (χ3n) is 6.22. The molecule has 1 aliphatic carbocycles. The molecule has 3 heterocycles. The van der Waals surface area contributed by atoms with Gasteiger partial charge >= 0.3 is 13.7 Å². The van der Waals surface area contributed by atoms with Crippen LogP contribution in [0.2, 0.25) is 0 Å². The molecule has 4 rings (SSSR count). The molecule has 202 valence electrons. The largest absolute Gasteiger partial charge is 0.468 e. The summed E-state index contributed by atoms with van der Waals surface area (Å²) >= 11 is 0. The van der Waals surface area contributed by atoms with E-state index >= 15 is 0 Å². The van der Waals surface area contributed by atoms with Gasteiger partial charge in [0, 0.05) is 5.92 Å². The number of aliphatic hydroxyl groups excluding tert-OH is 2. The average Bonchev–Trinajstić information content (AvgIpc) is 3.41. The van der Waals surface area contributed by atoms with Crippen LogP contribution >= 0.6 is 7.75 Å². The minimum atomic E-state index is -4.19. The van der Waals surface area contributed by atoms with Gasteiger partial charge in [0.25, 0.3) is 0 Å². The average molecular weight is 538 g/mol. The smallest absolute Gasteiger partial charge is 0.407 e. The topological polar surface area (TPSA) is 193 Å². The standard InChI is InChI=1S/C22H31N6O8P/c1-11-7-5-6-8-14(11)36-37(32,27-12(2)22(31)33-4)35-13(3)18-16(29)17(30)21(34-18)28-10-26-15-19(23)24-9-25-20(15)28/h5-14,16-18,21,29-30H,1-4H3,(H,27,32)(H2,23,24,25)/t11?,12-,13-,14?,16+,17-,18-,21-,37-/m1/s1. The number of aliphatic hydroxyl groups is 2. The van der Waals surface area contributed by atoms with Crippen molar-refractivity contribution in [1.82, 2.24) is 24.6 Å². The summed E-state index contributed by atoms with van der Waals surface area (Å²) in [4.78, 5) is 24.2. The minimum absolute atomic E-state index is 0.129. The van der Waals surface area contributed by atoms with Gasteiger partial charge in [-0.2, -0.15) is 0 Å².